The summed E-state index contributed by atoms with van der Waals surface area (Å²) in [5, 5.41) is 18.3. The lowest BCUT2D eigenvalue weighted by Gasteiger charge is -2.03. The van der Waals surface area contributed by atoms with E-state index < -0.39 is 11.9 Å². The number of ether oxygens (including phenoxy) is 1. The van der Waals surface area contributed by atoms with Gasteiger partial charge in [-0.3, -0.25) is 9.78 Å². The molecule has 33 heavy (non-hydrogen) atoms. The van der Waals surface area contributed by atoms with Crippen molar-refractivity contribution < 1.29 is 29.3 Å². The Morgan fingerprint density at radius 2 is 1.61 bits per heavy atom. The fraction of sp³-hybridized carbons (Fsp3) is 0.125. The highest BCUT2D eigenvalue weighted by molar-refractivity contribution is 5.96. The standard InChI is InChI=1S/C15H13N3O2.C9H8O4/c19-14(20-10-12-4-1-2-6-16-12)8-11-9-18-15-13(11)5-3-7-17-15;1-5-6(8(10)11)3-2-4-7(5)9(12)13/h1-7,9H,8,10H2,(H,17,18);2-4H,1H3,(H,10,11)(H,12,13). The minimum absolute atomic E-state index is 0.0277. The number of hydrogen-bond donors (Lipinski definition) is 3. The molecule has 0 atom stereocenters. The summed E-state index contributed by atoms with van der Waals surface area (Å²) < 4.78 is 5.21. The summed E-state index contributed by atoms with van der Waals surface area (Å²) in [6, 6.07) is 13.5. The van der Waals surface area contributed by atoms with Gasteiger partial charge in [-0.25, -0.2) is 14.6 Å². The van der Waals surface area contributed by atoms with Crippen LogP contribution in [-0.4, -0.2) is 43.1 Å². The summed E-state index contributed by atoms with van der Waals surface area (Å²) in [6.07, 6.45) is 5.40. The molecule has 0 saturated carbocycles. The molecule has 168 valence electrons. The highest BCUT2D eigenvalue weighted by Gasteiger charge is 2.13. The van der Waals surface area contributed by atoms with E-state index in [1.807, 2.05) is 30.3 Å². The maximum atomic E-state index is 11.8. The zero-order valence-electron chi connectivity index (χ0n) is 17.7. The lowest BCUT2D eigenvalue weighted by molar-refractivity contribution is -0.144. The Morgan fingerprint density at radius 1 is 0.909 bits per heavy atom. The van der Waals surface area contributed by atoms with E-state index in [0.717, 1.165) is 22.3 Å². The molecule has 1 aromatic carbocycles. The summed E-state index contributed by atoms with van der Waals surface area (Å²) in [5.41, 5.74) is 2.74. The molecule has 0 spiro atoms. The number of pyridine rings is 2. The Hall–Kier alpha value is -4.53. The molecule has 0 saturated heterocycles. The largest absolute Gasteiger partial charge is 0.478 e. The van der Waals surface area contributed by atoms with Crippen molar-refractivity contribution in [3.8, 4) is 0 Å². The van der Waals surface area contributed by atoms with Crippen LogP contribution < -0.4 is 0 Å². The number of aromatic carboxylic acids is 2. The lowest BCUT2D eigenvalue weighted by atomic mass is 10.0. The highest BCUT2D eigenvalue weighted by Crippen LogP contribution is 2.16. The monoisotopic (exact) mass is 447 g/mol. The Balaban J connectivity index is 0.000000205. The van der Waals surface area contributed by atoms with Crippen molar-refractivity contribution in [2.75, 3.05) is 0 Å². The second-order valence-electron chi connectivity index (χ2n) is 6.96. The Morgan fingerprint density at radius 3 is 2.24 bits per heavy atom. The second-order valence-corrected chi connectivity index (χ2v) is 6.96. The van der Waals surface area contributed by atoms with Gasteiger partial charge in [0.05, 0.1) is 23.2 Å². The third kappa shape index (κ3) is 6.01. The molecular weight excluding hydrogens is 426 g/mol. The van der Waals surface area contributed by atoms with Crippen molar-refractivity contribution in [3.05, 3.63) is 95.1 Å². The number of benzene rings is 1. The van der Waals surface area contributed by atoms with Crippen molar-refractivity contribution in [1.29, 1.82) is 0 Å². The van der Waals surface area contributed by atoms with Crippen LogP contribution in [0.5, 0.6) is 0 Å². The number of nitrogens with one attached hydrogen (secondary N) is 1. The number of aromatic nitrogens is 3. The van der Waals surface area contributed by atoms with Crippen molar-refractivity contribution in [1.82, 2.24) is 15.0 Å². The van der Waals surface area contributed by atoms with Gasteiger partial charge in [-0.2, -0.15) is 0 Å². The fourth-order valence-corrected chi connectivity index (χ4v) is 3.10. The van der Waals surface area contributed by atoms with Crippen molar-refractivity contribution in [2.24, 2.45) is 0 Å². The molecule has 3 aromatic heterocycles. The van der Waals surface area contributed by atoms with E-state index in [0.29, 0.717) is 0 Å². The molecule has 0 aliphatic heterocycles. The van der Waals surface area contributed by atoms with E-state index in [1.54, 1.807) is 18.6 Å². The molecule has 3 heterocycles. The van der Waals surface area contributed by atoms with Crippen LogP contribution >= 0.6 is 0 Å². The summed E-state index contributed by atoms with van der Waals surface area (Å²) >= 11 is 0. The van der Waals surface area contributed by atoms with E-state index in [2.05, 4.69) is 15.0 Å². The van der Waals surface area contributed by atoms with Crippen LogP contribution in [0.3, 0.4) is 0 Å². The molecule has 0 bridgehead atoms. The minimum atomic E-state index is -1.11. The number of carboxylic acid groups (broad SMARTS) is 2. The Bertz CT molecular complexity index is 1250. The number of esters is 1. The molecule has 9 nitrogen and oxygen atoms in total. The van der Waals surface area contributed by atoms with Crippen LogP contribution in [0.1, 0.15) is 37.5 Å². The normalized spacial score (nSPS) is 10.2. The molecule has 0 aliphatic carbocycles. The molecule has 0 aliphatic rings. The fourth-order valence-electron chi connectivity index (χ4n) is 3.10. The number of carboxylic acids is 2. The number of H-pyrrole nitrogens is 1. The van der Waals surface area contributed by atoms with Crippen molar-refractivity contribution in [2.45, 2.75) is 20.0 Å². The van der Waals surface area contributed by atoms with Crippen LogP contribution in [0.25, 0.3) is 11.0 Å². The molecule has 0 amide bonds. The van der Waals surface area contributed by atoms with E-state index in [9.17, 15) is 14.4 Å². The number of aromatic amines is 1. The number of fused-ring (bicyclic) bond motifs is 1. The molecule has 0 unspecified atom stereocenters. The van der Waals surface area contributed by atoms with E-state index in [4.69, 9.17) is 14.9 Å². The summed E-state index contributed by atoms with van der Waals surface area (Å²) in [5.74, 6) is -2.50. The first-order chi connectivity index (χ1) is 15.9. The lowest BCUT2D eigenvalue weighted by Crippen LogP contribution is -2.08. The van der Waals surface area contributed by atoms with Gasteiger partial charge in [0.25, 0.3) is 0 Å². The van der Waals surface area contributed by atoms with Crippen LogP contribution in [0.4, 0.5) is 0 Å². The van der Waals surface area contributed by atoms with E-state index in [1.165, 1.54) is 25.1 Å². The number of rotatable bonds is 6. The summed E-state index contributed by atoms with van der Waals surface area (Å²) in [7, 11) is 0. The van der Waals surface area contributed by atoms with Gasteiger partial charge < -0.3 is 19.9 Å². The van der Waals surface area contributed by atoms with Gasteiger partial charge in [0.1, 0.15) is 12.3 Å². The van der Waals surface area contributed by atoms with Crippen molar-refractivity contribution >= 4 is 28.9 Å². The van der Waals surface area contributed by atoms with Gasteiger partial charge >= 0.3 is 17.9 Å². The summed E-state index contributed by atoms with van der Waals surface area (Å²) in [4.78, 5) is 44.4. The first kappa shape index (κ1) is 23.1. The third-order valence-corrected chi connectivity index (χ3v) is 4.77. The van der Waals surface area contributed by atoms with Gasteiger partial charge in [-0.1, -0.05) is 12.1 Å². The smallest absolute Gasteiger partial charge is 0.335 e. The number of hydrogen-bond acceptors (Lipinski definition) is 6. The van der Waals surface area contributed by atoms with Crippen LogP contribution in [-0.2, 0) is 22.6 Å². The van der Waals surface area contributed by atoms with Crippen LogP contribution in [0.2, 0.25) is 0 Å². The average Bonchev–Trinajstić information content (AvgIpc) is 3.21. The molecular formula is C24H21N3O6. The number of carbonyl (C=O) groups is 3. The minimum Gasteiger partial charge on any atom is -0.478 e. The molecule has 3 N–H and O–H groups in total. The van der Waals surface area contributed by atoms with Gasteiger partial charge in [0, 0.05) is 24.0 Å². The SMILES string of the molecule is Cc1c(C(=O)O)cccc1C(=O)O.O=C(Cc1c[nH]c2ncccc12)OCc1ccccn1. The first-order valence-corrected chi connectivity index (χ1v) is 9.89. The predicted molar refractivity (Wildman–Crippen MR) is 119 cm³/mol. The van der Waals surface area contributed by atoms with Gasteiger partial charge in [0.2, 0.25) is 0 Å². The predicted octanol–water partition coefficient (Wildman–Crippen LogP) is 3.64. The Kier molecular flexibility index (Phi) is 7.48. The number of nitrogens with zero attached hydrogens (tertiary/aromatic N) is 2. The van der Waals surface area contributed by atoms with Crippen LogP contribution in [0.15, 0.2) is 67.1 Å². The molecule has 0 fully saturated rings. The second kappa shape index (κ2) is 10.7. The van der Waals surface area contributed by atoms with Gasteiger partial charge in [-0.15, -0.1) is 0 Å². The van der Waals surface area contributed by atoms with Gasteiger partial charge in [0.15, 0.2) is 0 Å². The van der Waals surface area contributed by atoms with Crippen LogP contribution in [0, 0.1) is 6.92 Å². The zero-order valence-corrected chi connectivity index (χ0v) is 17.7. The first-order valence-electron chi connectivity index (χ1n) is 9.89. The third-order valence-electron chi connectivity index (χ3n) is 4.77. The van der Waals surface area contributed by atoms with E-state index in [-0.39, 0.29) is 35.7 Å². The quantitative estimate of drug-likeness (QED) is 0.380. The maximum absolute atomic E-state index is 11.8. The molecule has 9 heteroatoms. The number of carbonyl (C=O) groups excluding carboxylic acids is 1. The van der Waals surface area contributed by atoms with E-state index >= 15 is 0 Å². The topological polar surface area (TPSA) is 142 Å². The molecule has 4 aromatic rings. The Labute approximate surface area is 188 Å². The zero-order chi connectivity index (χ0) is 23.8. The maximum Gasteiger partial charge on any atom is 0.335 e. The molecule has 0 radical (unpaired) electrons. The molecule has 4 rings (SSSR count). The summed E-state index contributed by atoms with van der Waals surface area (Å²) in [6.45, 7) is 1.67. The van der Waals surface area contributed by atoms with Crippen molar-refractivity contribution in [3.63, 3.8) is 0 Å². The average molecular weight is 447 g/mol. The highest BCUT2D eigenvalue weighted by atomic mass is 16.5. The van der Waals surface area contributed by atoms with Gasteiger partial charge in [-0.05, 0) is 54.4 Å².